The molecule has 1 fully saturated rings. The molecule has 2 aliphatic heterocycles. The molecule has 0 N–H and O–H groups in total. The monoisotopic (exact) mass is 420 g/mol. The lowest BCUT2D eigenvalue weighted by atomic mass is 9.86. The molecule has 1 saturated heterocycles. The summed E-state index contributed by atoms with van der Waals surface area (Å²) in [5.41, 5.74) is 1.19. The summed E-state index contributed by atoms with van der Waals surface area (Å²) in [5.74, 6) is 0.554. The molecular weight excluding hydrogens is 396 g/mol. The SMILES string of the molecule is Cc1ccc(Cn2nc3n(c(=O)c2=O)CC2(CCN(C(=O)c4ccnn4C)C2)C3)cc1. The first-order valence-electron chi connectivity index (χ1n) is 10.4. The second-order valence-corrected chi connectivity index (χ2v) is 8.75. The second-order valence-electron chi connectivity index (χ2n) is 8.75. The Kier molecular flexibility index (Phi) is 4.42. The minimum atomic E-state index is -0.609. The van der Waals surface area contributed by atoms with Gasteiger partial charge in [-0.2, -0.15) is 10.2 Å². The van der Waals surface area contributed by atoms with Gasteiger partial charge in [-0.25, -0.2) is 4.68 Å². The van der Waals surface area contributed by atoms with Gasteiger partial charge in [0, 0.05) is 44.7 Å². The van der Waals surface area contributed by atoms with Crippen molar-refractivity contribution in [2.45, 2.75) is 32.9 Å². The van der Waals surface area contributed by atoms with E-state index in [4.69, 9.17) is 0 Å². The number of rotatable bonds is 3. The molecule has 2 aromatic heterocycles. The third-order valence-electron chi connectivity index (χ3n) is 6.46. The summed E-state index contributed by atoms with van der Waals surface area (Å²) in [5, 5.41) is 8.61. The van der Waals surface area contributed by atoms with Gasteiger partial charge in [0.05, 0.1) is 6.54 Å². The highest BCUT2D eigenvalue weighted by Crippen LogP contribution is 2.39. The van der Waals surface area contributed by atoms with E-state index in [0.29, 0.717) is 37.6 Å². The van der Waals surface area contributed by atoms with E-state index in [0.717, 1.165) is 17.5 Å². The largest absolute Gasteiger partial charge is 0.337 e. The number of carbonyl (C=O) groups is 1. The van der Waals surface area contributed by atoms with Crippen LogP contribution in [0.25, 0.3) is 0 Å². The van der Waals surface area contributed by atoms with Crippen LogP contribution in [-0.4, -0.2) is 48.0 Å². The first kappa shape index (κ1) is 19.5. The van der Waals surface area contributed by atoms with Crippen LogP contribution < -0.4 is 11.1 Å². The molecule has 1 spiro atoms. The Balaban J connectivity index is 1.39. The molecule has 1 atom stereocenters. The zero-order valence-corrected chi connectivity index (χ0v) is 17.6. The summed E-state index contributed by atoms with van der Waals surface area (Å²) in [7, 11) is 1.75. The molecule has 1 unspecified atom stereocenters. The van der Waals surface area contributed by atoms with Gasteiger partial charge in [-0.3, -0.25) is 23.6 Å². The van der Waals surface area contributed by atoms with Crippen molar-refractivity contribution in [3.8, 4) is 0 Å². The summed E-state index contributed by atoms with van der Waals surface area (Å²) in [6, 6.07) is 9.54. The fourth-order valence-corrected chi connectivity index (χ4v) is 4.70. The third kappa shape index (κ3) is 3.30. The lowest BCUT2D eigenvalue weighted by Gasteiger charge is -2.22. The number of hydrogen-bond donors (Lipinski definition) is 0. The number of aromatic nitrogens is 5. The van der Waals surface area contributed by atoms with Crippen LogP contribution in [0.3, 0.4) is 0 Å². The summed E-state index contributed by atoms with van der Waals surface area (Å²) in [6.07, 6.45) is 2.95. The van der Waals surface area contributed by atoms with E-state index in [-0.39, 0.29) is 17.9 Å². The number of likely N-dealkylation sites (tertiary alicyclic amines) is 1. The second kappa shape index (κ2) is 7.04. The predicted octanol–water partition coefficient (Wildman–Crippen LogP) is 0.584. The first-order chi connectivity index (χ1) is 14.8. The van der Waals surface area contributed by atoms with E-state index in [9.17, 15) is 14.4 Å². The molecule has 0 aliphatic carbocycles. The van der Waals surface area contributed by atoms with E-state index in [1.807, 2.05) is 36.1 Å². The Bertz CT molecular complexity index is 1290. The van der Waals surface area contributed by atoms with Gasteiger partial charge in [-0.1, -0.05) is 29.8 Å². The Labute approximate surface area is 178 Å². The summed E-state index contributed by atoms with van der Waals surface area (Å²) in [4.78, 5) is 40.2. The number of nitrogens with zero attached hydrogens (tertiary/aromatic N) is 6. The molecule has 5 rings (SSSR count). The average molecular weight is 420 g/mol. The van der Waals surface area contributed by atoms with Crippen LogP contribution in [-0.2, 0) is 26.6 Å². The van der Waals surface area contributed by atoms with Crippen molar-refractivity contribution >= 4 is 5.91 Å². The van der Waals surface area contributed by atoms with Gasteiger partial charge in [0.2, 0.25) is 0 Å². The smallest absolute Gasteiger partial charge is 0.332 e. The molecular formula is C22H24N6O3. The maximum atomic E-state index is 12.9. The normalized spacial score (nSPS) is 19.9. The van der Waals surface area contributed by atoms with Gasteiger partial charge in [0.1, 0.15) is 11.5 Å². The molecule has 2 aliphatic rings. The van der Waals surface area contributed by atoms with Crippen LogP contribution in [0, 0.1) is 12.3 Å². The van der Waals surface area contributed by atoms with Gasteiger partial charge in [-0.05, 0) is 25.0 Å². The highest BCUT2D eigenvalue weighted by molar-refractivity contribution is 5.92. The Hall–Kier alpha value is -3.49. The standard InChI is InChI=1S/C22H24N6O3/c1-15-3-5-16(6-4-15)12-28-21(31)20(30)27-14-22(11-18(27)24-28)8-10-26(13-22)19(29)17-7-9-23-25(17)2/h3-7,9H,8,10-14H2,1-2H3. The van der Waals surface area contributed by atoms with E-state index in [1.54, 1.807) is 24.0 Å². The maximum absolute atomic E-state index is 12.9. The van der Waals surface area contributed by atoms with Crippen molar-refractivity contribution in [3.63, 3.8) is 0 Å². The molecule has 1 aromatic carbocycles. The third-order valence-corrected chi connectivity index (χ3v) is 6.46. The Morgan fingerprint density at radius 2 is 1.87 bits per heavy atom. The molecule has 31 heavy (non-hydrogen) atoms. The van der Waals surface area contributed by atoms with Gasteiger partial charge in [0.25, 0.3) is 5.91 Å². The Morgan fingerprint density at radius 3 is 2.58 bits per heavy atom. The van der Waals surface area contributed by atoms with Crippen molar-refractivity contribution in [1.82, 2.24) is 29.0 Å². The minimum absolute atomic E-state index is 0.0629. The minimum Gasteiger partial charge on any atom is -0.337 e. The first-order valence-corrected chi connectivity index (χ1v) is 10.4. The van der Waals surface area contributed by atoms with Crippen LogP contribution in [0.2, 0.25) is 0 Å². The zero-order valence-electron chi connectivity index (χ0n) is 17.6. The zero-order chi connectivity index (χ0) is 21.8. The number of hydrogen-bond acceptors (Lipinski definition) is 5. The molecule has 1 amide bonds. The van der Waals surface area contributed by atoms with Crippen LogP contribution in [0.4, 0.5) is 0 Å². The number of fused-ring (bicyclic) bond motifs is 1. The molecule has 4 heterocycles. The van der Waals surface area contributed by atoms with Crippen molar-refractivity contribution < 1.29 is 4.79 Å². The van der Waals surface area contributed by atoms with Crippen LogP contribution >= 0.6 is 0 Å². The summed E-state index contributed by atoms with van der Waals surface area (Å²) in [6.45, 7) is 3.83. The summed E-state index contributed by atoms with van der Waals surface area (Å²) >= 11 is 0. The van der Waals surface area contributed by atoms with E-state index >= 15 is 0 Å². The number of carbonyl (C=O) groups excluding carboxylic acids is 1. The fourth-order valence-electron chi connectivity index (χ4n) is 4.70. The lowest BCUT2D eigenvalue weighted by Crippen LogP contribution is -2.43. The van der Waals surface area contributed by atoms with Gasteiger partial charge in [-0.15, -0.1) is 0 Å². The van der Waals surface area contributed by atoms with Crippen LogP contribution in [0.15, 0.2) is 46.1 Å². The van der Waals surface area contributed by atoms with E-state index < -0.39 is 11.1 Å². The molecule has 0 saturated carbocycles. The topological polar surface area (TPSA) is 95.0 Å². The highest BCUT2D eigenvalue weighted by atomic mass is 16.2. The van der Waals surface area contributed by atoms with Crippen LogP contribution in [0.5, 0.6) is 0 Å². The maximum Gasteiger partial charge on any atom is 0.332 e. The Morgan fingerprint density at radius 1 is 1.10 bits per heavy atom. The van der Waals surface area contributed by atoms with Crippen molar-refractivity contribution in [2.75, 3.05) is 13.1 Å². The molecule has 3 aromatic rings. The average Bonchev–Trinajstić information content (AvgIpc) is 3.46. The molecule has 0 bridgehead atoms. The summed E-state index contributed by atoms with van der Waals surface area (Å²) < 4.78 is 4.35. The molecule has 160 valence electrons. The quantitative estimate of drug-likeness (QED) is 0.578. The molecule has 9 heteroatoms. The number of aryl methyl sites for hydroxylation is 2. The number of benzene rings is 1. The lowest BCUT2D eigenvalue weighted by molar-refractivity contribution is 0.0761. The predicted molar refractivity (Wildman–Crippen MR) is 113 cm³/mol. The van der Waals surface area contributed by atoms with Gasteiger partial charge in [0.15, 0.2) is 0 Å². The van der Waals surface area contributed by atoms with E-state index in [2.05, 4.69) is 10.2 Å². The highest BCUT2D eigenvalue weighted by Gasteiger charge is 2.46. The van der Waals surface area contributed by atoms with E-state index in [1.165, 1.54) is 9.25 Å². The number of amides is 1. The van der Waals surface area contributed by atoms with Gasteiger partial charge >= 0.3 is 11.1 Å². The van der Waals surface area contributed by atoms with Gasteiger partial charge < -0.3 is 4.90 Å². The van der Waals surface area contributed by atoms with Crippen molar-refractivity contribution in [3.05, 3.63) is 79.9 Å². The van der Waals surface area contributed by atoms with Crippen LogP contribution in [0.1, 0.15) is 33.9 Å². The molecule has 0 radical (unpaired) electrons. The molecule has 9 nitrogen and oxygen atoms in total. The fraction of sp³-hybridized carbons (Fsp3) is 0.409. The van der Waals surface area contributed by atoms with Crippen molar-refractivity contribution in [2.24, 2.45) is 12.5 Å². The van der Waals surface area contributed by atoms with Crippen molar-refractivity contribution in [1.29, 1.82) is 0 Å².